The average molecular weight is 447 g/mol. The van der Waals surface area contributed by atoms with Crippen molar-refractivity contribution in [2.75, 3.05) is 6.61 Å². The Morgan fingerprint density at radius 1 is 0.903 bits per heavy atom. The molecule has 3 amide bonds. The molecule has 0 heterocycles. The molecule has 31 heavy (non-hydrogen) atoms. The molecule has 3 N–H and O–H groups in total. The molecule has 180 valence electrons. The molecule has 0 bridgehead atoms. The van der Waals surface area contributed by atoms with Crippen molar-refractivity contribution in [3.63, 3.8) is 0 Å². The summed E-state index contributed by atoms with van der Waals surface area (Å²) in [6, 6.07) is -1.37. The van der Waals surface area contributed by atoms with Crippen LogP contribution in [0.25, 0.3) is 0 Å². The zero-order chi connectivity index (χ0) is 24.6. The fourth-order valence-electron chi connectivity index (χ4n) is 2.30. The lowest BCUT2D eigenvalue weighted by molar-refractivity contribution is -0.151. The number of carbonyl (C=O) groups is 4. The molecule has 0 aromatic rings. The summed E-state index contributed by atoms with van der Waals surface area (Å²) in [5.74, 6) is -1.70. The van der Waals surface area contributed by atoms with Gasteiger partial charge in [0.15, 0.2) is 0 Å². The summed E-state index contributed by atoms with van der Waals surface area (Å²) < 4.78 is 15.9. The van der Waals surface area contributed by atoms with Gasteiger partial charge >= 0.3 is 18.2 Å². The smallest absolute Gasteiger partial charge is 0.420 e. The molecule has 1 unspecified atom stereocenters. The van der Waals surface area contributed by atoms with E-state index in [1.165, 1.54) is 0 Å². The number of aliphatic hydroxyl groups is 1. The summed E-state index contributed by atoms with van der Waals surface area (Å²) in [6.07, 6.45) is -3.58. The number of esters is 1. The lowest BCUT2D eigenvalue weighted by atomic mass is 10.1. The minimum atomic E-state index is -1.41. The van der Waals surface area contributed by atoms with Crippen LogP contribution in [0.2, 0.25) is 0 Å². The average Bonchev–Trinajstić information content (AvgIpc) is 2.54. The molecule has 0 rings (SSSR count). The fraction of sp³-hybridized carbons (Fsp3) is 0.810. The van der Waals surface area contributed by atoms with E-state index in [4.69, 9.17) is 19.9 Å². The van der Waals surface area contributed by atoms with Gasteiger partial charge in [-0.05, 0) is 66.7 Å². The molecule has 0 saturated carbocycles. The number of hydrogen-bond donors (Lipinski definition) is 2. The third-order valence-electron chi connectivity index (χ3n) is 3.61. The first-order valence-corrected chi connectivity index (χ1v) is 10.3. The van der Waals surface area contributed by atoms with Crippen molar-refractivity contribution in [1.82, 2.24) is 4.90 Å². The zero-order valence-corrected chi connectivity index (χ0v) is 19.9. The Labute approximate surface area is 184 Å². The number of rotatable bonds is 9. The van der Waals surface area contributed by atoms with Gasteiger partial charge in [0.25, 0.3) is 0 Å². The molecule has 10 heteroatoms. The number of hydrogen-bond acceptors (Lipinski definition) is 8. The Bertz CT molecular complexity index is 606. The zero-order valence-electron chi connectivity index (χ0n) is 19.9. The summed E-state index contributed by atoms with van der Waals surface area (Å²) in [4.78, 5) is 50.2. The molecule has 0 radical (unpaired) electrons. The van der Waals surface area contributed by atoms with E-state index in [1.54, 1.807) is 41.5 Å². The monoisotopic (exact) mass is 446 g/mol. The predicted molar refractivity (Wildman–Crippen MR) is 113 cm³/mol. The van der Waals surface area contributed by atoms with Gasteiger partial charge in [-0.3, -0.25) is 4.79 Å². The van der Waals surface area contributed by atoms with Crippen LogP contribution in [0.4, 0.5) is 9.59 Å². The fourth-order valence-corrected chi connectivity index (χ4v) is 2.30. The highest BCUT2D eigenvalue weighted by atomic mass is 16.6. The van der Waals surface area contributed by atoms with Gasteiger partial charge in [0, 0.05) is 0 Å². The molecule has 0 aliphatic carbocycles. The van der Waals surface area contributed by atoms with Gasteiger partial charge in [-0.25, -0.2) is 14.4 Å². The maximum atomic E-state index is 12.8. The van der Waals surface area contributed by atoms with E-state index < -0.39 is 47.4 Å². The number of aliphatic hydroxyl groups excluding tert-OH is 1. The number of imide groups is 1. The summed E-state index contributed by atoms with van der Waals surface area (Å²) >= 11 is 0. The molecule has 0 aromatic heterocycles. The first-order valence-electron chi connectivity index (χ1n) is 10.3. The number of amides is 3. The number of nitrogens with zero attached hydrogens (tertiary/aromatic N) is 1. The maximum Gasteiger partial charge on any atom is 0.420 e. The number of nitrogens with two attached hydrogens (primary N) is 1. The Morgan fingerprint density at radius 3 is 1.71 bits per heavy atom. The molecule has 0 aromatic carbocycles. The molecule has 0 fully saturated rings. The quantitative estimate of drug-likeness (QED) is 0.406. The van der Waals surface area contributed by atoms with Crippen LogP contribution in [0.15, 0.2) is 0 Å². The van der Waals surface area contributed by atoms with E-state index in [-0.39, 0.29) is 31.8 Å². The third kappa shape index (κ3) is 12.2. The SMILES string of the molecule is CC(C)COC(=O)[C@H](CCCC(O)C(N)=O)N(C(=O)OC(C)(C)C)C(=O)OC(C)(C)C. The van der Waals surface area contributed by atoms with Crippen LogP contribution in [0.3, 0.4) is 0 Å². The normalized spacial score (nSPS) is 13.9. The predicted octanol–water partition coefficient (Wildman–Crippen LogP) is 2.74. The summed E-state index contributed by atoms with van der Waals surface area (Å²) in [5.41, 5.74) is 3.17. The van der Waals surface area contributed by atoms with E-state index in [0.29, 0.717) is 4.90 Å². The van der Waals surface area contributed by atoms with Crippen molar-refractivity contribution < 1.29 is 38.5 Å². The highest BCUT2D eigenvalue weighted by Gasteiger charge is 2.41. The molecule has 2 atom stereocenters. The molecule has 0 spiro atoms. The van der Waals surface area contributed by atoms with Gasteiger partial charge in [0.2, 0.25) is 5.91 Å². The molecular formula is C21H38N2O8. The standard InChI is InChI=1S/C21H38N2O8/c1-13(2)12-29-17(26)14(10-9-11-15(24)16(22)25)23(18(27)30-20(3,4)5)19(28)31-21(6,7)8/h13-15,24H,9-12H2,1-8H3,(H2,22,25)/t14-,15?/m0/s1. The van der Waals surface area contributed by atoms with Gasteiger partial charge in [0.05, 0.1) is 6.61 Å². The van der Waals surface area contributed by atoms with Crippen LogP contribution < -0.4 is 5.73 Å². The Balaban J connectivity index is 5.89. The van der Waals surface area contributed by atoms with Gasteiger partial charge in [-0.15, -0.1) is 0 Å². The van der Waals surface area contributed by atoms with Crippen molar-refractivity contribution in [1.29, 1.82) is 0 Å². The molecule has 0 saturated heterocycles. The Morgan fingerprint density at radius 2 is 1.35 bits per heavy atom. The van der Waals surface area contributed by atoms with Gasteiger partial charge in [-0.1, -0.05) is 13.8 Å². The largest absolute Gasteiger partial charge is 0.464 e. The number of primary amides is 1. The molecule has 0 aliphatic rings. The van der Waals surface area contributed by atoms with Crippen molar-refractivity contribution in [3.8, 4) is 0 Å². The lowest BCUT2D eigenvalue weighted by Crippen LogP contribution is -2.52. The van der Waals surface area contributed by atoms with E-state index >= 15 is 0 Å². The minimum absolute atomic E-state index is 0.0257. The van der Waals surface area contributed by atoms with E-state index in [0.717, 1.165) is 0 Å². The molecular weight excluding hydrogens is 408 g/mol. The Kier molecular flexibility index (Phi) is 11.0. The lowest BCUT2D eigenvalue weighted by Gasteiger charge is -2.32. The highest BCUT2D eigenvalue weighted by molar-refractivity contribution is 5.94. The van der Waals surface area contributed by atoms with Crippen molar-refractivity contribution in [2.24, 2.45) is 11.7 Å². The minimum Gasteiger partial charge on any atom is -0.464 e. The van der Waals surface area contributed by atoms with Crippen LogP contribution in [0, 0.1) is 5.92 Å². The maximum absolute atomic E-state index is 12.8. The molecule has 10 nitrogen and oxygen atoms in total. The summed E-state index contributed by atoms with van der Waals surface area (Å²) in [7, 11) is 0. The summed E-state index contributed by atoms with van der Waals surface area (Å²) in [6.45, 7) is 13.5. The van der Waals surface area contributed by atoms with Crippen molar-refractivity contribution in [2.45, 2.75) is 98.0 Å². The van der Waals surface area contributed by atoms with Gasteiger partial charge in [-0.2, -0.15) is 4.90 Å². The van der Waals surface area contributed by atoms with Crippen LogP contribution in [0.1, 0.15) is 74.7 Å². The van der Waals surface area contributed by atoms with Crippen LogP contribution >= 0.6 is 0 Å². The summed E-state index contributed by atoms with van der Waals surface area (Å²) in [5, 5.41) is 9.63. The molecule has 0 aliphatic heterocycles. The van der Waals surface area contributed by atoms with Crippen LogP contribution in [-0.2, 0) is 23.8 Å². The second-order valence-corrected chi connectivity index (χ2v) is 9.72. The van der Waals surface area contributed by atoms with Gasteiger partial charge in [0.1, 0.15) is 23.3 Å². The Hall–Kier alpha value is -2.36. The van der Waals surface area contributed by atoms with E-state index in [2.05, 4.69) is 0 Å². The highest BCUT2D eigenvalue weighted by Crippen LogP contribution is 2.21. The van der Waals surface area contributed by atoms with Gasteiger partial charge < -0.3 is 25.1 Å². The van der Waals surface area contributed by atoms with Crippen molar-refractivity contribution >= 4 is 24.1 Å². The topological polar surface area (TPSA) is 145 Å². The first kappa shape index (κ1) is 28.6. The third-order valence-corrected chi connectivity index (χ3v) is 3.61. The number of ether oxygens (including phenoxy) is 3. The van der Waals surface area contributed by atoms with Crippen LogP contribution in [-0.4, -0.2) is 64.0 Å². The second-order valence-electron chi connectivity index (χ2n) is 9.72. The first-order chi connectivity index (χ1) is 13.9. The second kappa shape index (κ2) is 11.9. The number of carbonyl (C=O) groups excluding carboxylic acids is 4. The van der Waals surface area contributed by atoms with Crippen LogP contribution in [0.5, 0.6) is 0 Å². The van der Waals surface area contributed by atoms with Crippen molar-refractivity contribution in [3.05, 3.63) is 0 Å². The van der Waals surface area contributed by atoms with E-state index in [1.807, 2.05) is 13.8 Å². The van der Waals surface area contributed by atoms with E-state index in [9.17, 15) is 24.3 Å².